The Hall–Kier alpha value is -2.88. The predicted octanol–water partition coefficient (Wildman–Crippen LogP) is 2.66. The third-order valence-corrected chi connectivity index (χ3v) is 4.97. The molecule has 0 aliphatic carbocycles. The molecule has 10 heteroatoms. The number of esters is 1. The van der Waals surface area contributed by atoms with Crippen molar-refractivity contribution in [2.75, 3.05) is 16.8 Å². The highest BCUT2D eigenvalue weighted by Crippen LogP contribution is 2.25. The molecule has 0 bridgehead atoms. The Labute approximate surface area is 163 Å². The molecule has 1 aliphatic rings. The number of hydrogen-bond donors (Lipinski definition) is 1. The molecule has 7 nitrogen and oxygen atoms in total. The number of halogens is 2. The highest BCUT2D eigenvalue weighted by Gasteiger charge is 2.25. The minimum Gasteiger partial charge on any atom is -0.452 e. The molecule has 0 spiro atoms. The van der Waals surface area contributed by atoms with Crippen LogP contribution < -0.4 is 10.2 Å². The van der Waals surface area contributed by atoms with Crippen LogP contribution in [0, 0.1) is 11.6 Å². The lowest BCUT2D eigenvalue weighted by Crippen LogP contribution is -2.31. The van der Waals surface area contributed by atoms with Gasteiger partial charge in [-0.15, -0.1) is 11.3 Å². The van der Waals surface area contributed by atoms with Crippen LogP contribution in [0.1, 0.15) is 25.5 Å². The second-order valence-electron chi connectivity index (χ2n) is 6.17. The van der Waals surface area contributed by atoms with Crippen molar-refractivity contribution in [2.24, 2.45) is 0 Å². The van der Waals surface area contributed by atoms with Crippen LogP contribution in [0.3, 0.4) is 0 Å². The fourth-order valence-corrected chi connectivity index (χ4v) is 3.50. The van der Waals surface area contributed by atoms with E-state index in [2.05, 4.69) is 10.3 Å². The van der Waals surface area contributed by atoms with E-state index in [1.807, 2.05) is 0 Å². The number of amides is 2. The molecule has 0 saturated carbocycles. The van der Waals surface area contributed by atoms with Gasteiger partial charge in [0.15, 0.2) is 11.2 Å². The summed E-state index contributed by atoms with van der Waals surface area (Å²) >= 11 is 1.25. The molecular formula is C18H17F2N3O4S. The molecule has 28 heavy (non-hydrogen) atoms. The Balaban J connectivity index is 1.55. The van der Waals surface area contributed by atoms with Gasteiger partial charge in [-0.2, -0.15) is 0 Å². The largest absolute Gasteiger partial charge is 0.452 e. The average Bonchev–Trinajstić information content (AvgIpc) is 3.26. The van der Waals surface area contributed by atoms with Crippen molar-refractivity contribution in [3.63, 3.8) is 0 Å². The van der Waals surface area contributed by atoms with Gasteiger partial charge in [-0.1, -0.05) is 6.07 Å². The molecule has 3 rings (SSSR count). The predicted molar refractivity (Wildman–Crippen MR) is 97.9 cm³/mol. The monoisotopic (exact) mass is 409 g/mol. The summed E-state index contributed by atoms with van der Waals surface area (Å²) in [6, 6.07) is 3.17. The summed E-state index contributed by atoms with van der Waals surface area (Å²) in [5.41, 5.74) is -0.188. The molecule has 1 N–H and O–H groups in total. The number of thiazole rings is 1. The fraction of sp³-hybridized carbons (Fsp3) is 0.333. The summed E-state index contributed by atoms with van der Waals surface area (Å²) in [5.74, 6) is -3.45. The van der Waals surface area contributed by atoms with Crippen molar-refractivity contribution in [3.8, 4) is 0 Å². The van der Waals surface area contributed by atoms with Crippen molar-refractivity contribution < 1.29 is 27.9 Å². The van der Waals surface area contributed by atoms with E-state index in [0.717, 1.165) is 18.6 Å². The van der Waals surface area contributed by atoms with Crippen molar-refractivity contribution in [2.45, 2.75) is 32.3 Å². The van der Waals surface area contributed by atoms with E-state index < -0.39 is 35.3 Å². The number of nitrogens with one attached hydrogen (secondary N) is 1. The molecule has 2 amide bonds. The van der Waals surface area contributed by atoms with E-state index in [0.29, 0.717) is 23.8 Å². The van der Waals surface area contributed by atoms with E-state index in [1.165, 1.54) is 24.3 Å². The van der Waals surface area contributed by atoms with Crippen molar-refractivity contribution in [1.29, 1.82) is 0 Å². The molecule has 1 atom stereocenters. The summed E-state index contributed by atoms with van der Waals surface area (Å²) in [4.78, 5) is 41.6. The maximum atomic E-state index is 13.6. The number of rotatable bonds is 6. The van der Waals surface area contributed by atoms with E-state index in [-0.39, 0.29) is 12.3 Å². The third-order valence-electron chi connectivity index (χ3n) is 4.06. The standard InChI is InChI=1S/C18H17F2N3O4S/c1-10(17(26)22-16-12(19)4-2-5-13(16)20)27-15(25)8-11-9-28-18(21-11)23-7-3-6-14(23)24/h2,4-5,9-10H,3,6-8H2,1H3,(H,22,26)/t10-/m0/s1. The molecule has 0 radical (unpaired) electrons. The molecule has 1 aliphatic heterocycles. The minimum absolute atomic E-state index is 0.00542. The minimum atomic E-state index is -1.26. The van der Waals surface area contributed by atoms with E-state index >= 15 is 0 Å². The van der Waals surface area contributed by atoms with Gasteiger partial charge < -0.3 is 10.1 Å². The van der Waals surface area contributed by atoms with Gasteiger partial charge in [0.2, 0.25) is 5.91 Å². The first kappa shape index (κ1) is 19.9. The third kappa shape index (κ3) is 4.50. The SMILES string of the molecule is C[C@H](OC(=O)Cc1csc(N2CCCC2=O)n1)C(=O)Nc1c(F)cccc1F. The van der Waals surface area contributed by atoms with Gasteiger partial charge in [-0.3, -0.25) is 19.3 Å². The fourth-order valence-electron chi connectivity index (χ4n) is 2.63. The first-order valence-electron chi connectivity index (χ1n) is 8.54. The zero-order valence-electron chi connectivity index (χ0n) is 14.9. The molecular weight excluding hydrogens is 392 g/mol. The Kier molecular flexibility index (Phi) is 5.98. The van der Waals surface area contributed by atoms with Crippen LogP contribution in [-0.2, 0) is 25.5 Å². The average molecular weight is 409 g/mol. The first-order valence-corrected chi connectivity index (χ1v) is 9.42. The normalized spacial score (nSPS) is 14.8. The van der Waals surface area contributed by atoms with Crippen LogP contribution in [0.15, 0.2) is 23.6 Å². The van der Waals surface area contributed by atoms with Crippen LogP contribution in [0.2, 0.25) is 0 Å². The summed E-state index contributed by atoms with van der Waals surface area (Å²) < 4.78 is 32.2. The smallest absolute Gasteiger partial charge is 0.312 e. The second kappa shape index (κ2) is 8.42. The zero-order valence-corrected chi connectivity index (χ0v) is 15.7. The number of anilines is 2. The molecule has 2 heterocycles. The molecule has 1 aromatic heterocycles. The zero-order chi connectivity index (χ0) is 20.3. The summed E-state index contributed by atoms with van der Waals surface area (Å²) in [6.07, 6.45) is -0.203. The number of nitrogens with zero attached hydrogens (tertiary/aromatic N) is 2. The Morgan fingerprint density at radius 3 is 2.71 bits per heavy atom. The van der Waals surface area contributed by atoms with E-state index in [1.54, 1.807) is 10.3 Å². The molecule has 2 aromatic rings. The van der Waals surface area contributed by atoms with E-state index in [9.17, 15) is 23.2 Å². The number of carbonyl (C=O) groups excluding carboxylic acids is 3. The molecule has 148 valence electrons. The van der Waals surface area contributed by atoms with Crippen molar-refractivity contribution in [1.82, 2.24) is 4.98 Å². The van der Waals surface area contributed by atoms with E-state index in [4.69, 9.17) is 4.74 Å². The van der Waals surface area contributed by atoms with Gasteiger partial charge in [-0.05, 0) is 25.5 Å². The summed E-state index contributed by atoms with van der Waals surface area (Å²) in [7, 11) is 0. The topological polar surface area (TPSA) is 88.6 Å². The molecule has 1 aromatic carbocycles. The number of aromatic nitrogens is 1. The van der Waals surface area contributed by atoms with Gasteiger partial charge in [0.25, 0.3) is 5.91 Å². The molecule has 1 fully saturated rings. The Morgan fingerprint density at radius 2 is 2.07 bits per heavy atom. The van der Waals surface area contributed by atoms with Gasteiger partial charge in [-0.25, -0.2) is 13.8 Å². The van der Waals surface area contributed by atoms with Gasteiger partial charge in [0, 0.05) is 18.3 Å². The summed E-state index contributed by atoms with van der Waals surface area (Å²) in [6.45, 7) is 1.89. The van der Waals surface area contributed by atoms with Gasteiger partial charge in [0.1, 0.15) is 17.3 Å². The number of hydrogen-bond acceptors (Lipinski definition) is 6. The van der Waals surface area contributed by atoms with Crippen LogP contribution in [0.5, 0.6) is 0 Å². The number of carbonyl (C=O) groups is 3. The maximum absolute atomic E-state index is 13.6. The van der Waals surface area contributed by atoms with Crippen molar-refractivity contribution >= 4 is 39.9 Å². The van der Waals surface area contributed by atoms with Crippen LogP contribution >= 0.6 is 11.3 Å². The second-order valence-corrected chi connectivity index (χ2v) is 7.00. The highest BCUT2D eigenvalue weighted by molar-refractivity contribution is 7.14. The lowest BCUT2D eigenvalue weighted by atomic mass is 10.2. The number of para-hydroxylation sites is 1. The summed E-state index contributed by atoms with van der Waals surface area (Å²) in [5, 5.41) is 4.23. The van der Waals surface area contributed by atoms with Gasteiger partial charge >= 0.3 is 5.97 Å². The van der Waals surface area contributed by atoms with Crippen LogP contribution in [-0.4, -0.2) is 35.4 Å². The number of ether oxygens (including phenoxy) is 1. The van der Waals surface area contributed by atoms with Crippen LogP contribution in [0.4, 0.5) is 19.6 Å². The lowest BCUT2D eigenvalue weighted by molar-refractivity contribution is -0.152. The maximum Gasteiger partial charge on any atom is 0.312 e. The lowest BCUT2D eigenvalue weighted by Gasteiger charge is -2.14. The van der Waals surface area contributed by atoms with Gasteiger partial charge in [0.05, 0.1) is 12.1 Å². The Bertz CT molecular complexity index is 898. The Morgan fingerprint density at radius 1 is 1.36 bits per heavy atom. The molecule has 0 unspecified atom stereocenters. The van der Waals surface area contributed by atoms with Crippen LogP contribution in [0.25, 0.3) is 0 Å². The highest BCUT2D eigenvalue weighted by atomic mass is 32.1. The quantitative estimate of drug-likeness (QED) is 0.741. The van der Waals surface area contributed by atoms with Crippen molar-refractivity contribution in [3.05, 3.63) is 40.9 Å². The first-order chi connectivity index (χ1) is 13.3. The number of benzene rings is 1. The molecule has 1 saturated heterocycles.